The zero-order valence-corrected chi connectivity index (χ0v) is 22.2. The number of carbonyl (C=O) groups is 1. The standard InChI is InChI=1S/C23H23BrIN3O5/c1-5-12(2)21-27-18-7-6-15(24)10-16(18)22(29)28(21)26-11-14-8-17(25)20(19(9-14)32-4)33-13(3)23(30)31/h6-13H,5H2,1-4H3,(H,30,31)/t12-,13+/m1/s1. The molecule has 0 aliphatic rings. The zero-order chi connectivity index (χ0) is 24.3. The quantitative estimate of drug-likeness (QED) is 0.278. The van der Waals surface area contributed by atoms with Crippen LogP contribution in [0.1, 0.15) is 44.5 Å². The highest BCUT2D eigenvalue weighted by molar-refractivity contribution is 14.1. The van der Waals surface area contributed by atoms with E-state index in [0.29, 0.717) is 37.4 Å². The van der Waals surface area contributed by atoms with Gasteiger partial charge in [0.25, 0.3) is 5.56 Å². The topological polar surface area (TPSA) is 103 Å². The van der Waals surface area contributed by atoms with Gasteiger partial charge in [-0.1, -0.05) is 29.8 Å². The molecule has 0 saturated heterocycles. The monoisotopic (exact) mass is 627 g/mol. The summed E-state index contributed by atoms with van der Waals surface area (Å²) in [5.41, 5.74) is 1.02. The molecule has 2 atom stereocenters. The fraction of sp³-hybridized carbons (Fsp3) is 0.304. The number of methoxy groups -OCH3 is 1. The molecule has 0 fully saturated rings. The van der Waals surface area contributed by atoms with Crippen LogP contribution >= 0.6 is 38.5 Å². The van der Waals surface area contributed by atoms with Crippen LogP contribution in [0.15, 0.2) is 44.7 Å². The van der Waals surface area contributed by atoms with Crippen molar-refractivity contribution in [2.45, 2.75) is 39.2 Å². The molecule has 3 rings (SSSR count). The van der Waals surface area contributed by atoms with E-state index in [-0.39, 0.29) is 11.5 Å². The summed E-state index contributed by atoms with van der Waals surface area (Å²) in [6, 6.07) is 8.85. The van der Waals surface area contributed by atoms with E-state index in [1.165, 1.54) is 18.7 Å². The first-order chi connectivity index (χ1) is 15.7. The molecule has 2 aromatic carbocycles. The van der Waals surface area contributed by atoms with E-state index < -0.39 is 12.1 Å². The first kappa shape index (κ1) is 25.2. The number of halogens is 2. The molecule has 0 amide bonds. The van der Waals surface area contributed by atoms with Crippen LogP contribution in [0, 0.1) is 3.57 Å². The Morgan fingerprint density at radius 3 is 2.70 bits per heavy atom. The lowest BCUT2D eigenvalue weighted by molar-refractivity contribution is -0.144. The number of hydrogen-bond donors (Lipinski definition) is 1. The van der Waals surface area contributed by atoms with Gasteiger partial charge in [0, 0.05) is 10.4 Å². The summed E-state index contributed by atoms with van der Waals surface area (Å²) in [6.07, 6.45) is 1.31. The van der Waals surface area contributed by atoms with Gasteiger partial charge in [-0.3, -0.25) is 4.79 Å². The lowest BCUT2D eigenvalue weighted by Gasteiger charge is -2.16. The summed E-state index contributed by atoms with van der Waals surface area (Å²) in [5, 5.41) is 14.1. The molecule has 0 unspecified atom stereocenters. The van der Waals surface area contributed by atoms with Gasteiger partial charge in [0.15, 0.2) is 17.6 Å². The molecule has 1 N–H and O–H groups in total. The minimum Gasteiger partial charge on any atom is -0.493 e. The predicted octanol–water partition coefficient (Wildman–Crippen LogP) is 5.02. The molecule has 0 bridgehead atoms. The van der Waals surface area contributed by atoms with Crippen molar-refractivity contribution in [2.24, 2.45) is 5.10 Å². The van der Waals surface area contributed by atoms with Crippen molar-refractivity contribution in [3.63, 3.8) is 0 Å². The number of ether oxygens (including phenoxy) is 2. The fourth-order valence-electron chi connectivity index (χ4n) is 3.06. The van der Waals surface area contributed by atoms with Crippen LogP contribution in [-0.2, 0) is 4.79 Å². The third kappa shape index (κ3) is 5.55. The van der Waals surface area contributed by atoms with Crippen LogP contribution in [0.5, 0.6) is 11.5 Å². The zero-order valence-electron chi connectivity index (χ0n) is 18.5. The lowest BCUT2D eigenvalue weighted by atomic mass is 10.1. The Morgan fingerprint density at radius 2 is 2.06 bits per heavy atom. The molecule has 1 aromatic heterocycles. The van der Waals surface area contributed by atoms with Crippen molar-refractivity contribution in [1.82, 2.24) is 9.66 Å². The number of hydrogen-bond acceptors (Lipinski definition) is 6. The predicted molar refractivity (Wildman–Crippen MR) is 139 cm³/mol. The molecule has 0 radical (unpaired) electrons. The average Bonchev–Trinajstić information content (AvgIpc) is 2.79. The Hall–Kier alpha value is -2.47. The number of carboxylic acid groups (broad SMARTS) is 1. The maximum absolute atomic E-state index is 13.3. The molecule has 0 spiro atoms. The van der Waals surface area contributed by atoms with Gasteiger partial charge < -0.3 is 14.6 Å². The Morgan fingerprint density at radius 1 is 1.33 bits per heavy atom. The van der Waals surface area contributed by atoms with Crippen molar-refractivity contribution in [2.75, 3.05) is 7.11 Å². The molecule has 8 nitrogen and oxygen atoms in total. The van der Waals surface area contributed by atoms with Crippen LogP contribution in [0.3, 0.4) is 0 Å². The molecule has 1 heterocycles. The van der Waals surface area contributed by atoms with Crippen LogP contribution in [0.25, 0.3) is 10.9 Å². The second kappa shape index (κ2) is 10.6. The summed E-state index contributed by atoms with van der Waals surface area (Å²) in [5.74, 6) is 0.216. The van der Waals surface area contributed by atoms with Crippen LogP contribution < -0.4 is 15.0 Å². The molecule has 0 aliphatic heterocycles. The second-order valence-electron chi connectivity index (χ2n) is 7.43. The largest absolute Gasteiger partial charge is 0.493 e. The van der Waals surface area contributed by atoms with E-state index in [0.717, 1.165) is 10.9 Å². The van der Waals surface area contributed by atoms with E-state index in [4.69, 9.17) is 19.6 Å². The van der Waals surface area contributed by atoms with Crippen molar-refractivity contribution in [3.05, 3.63) is 60.1 Å². The summed E-state index contributed by atoms with van der Waals surface area (Å²) in [4.78, 5) is 29.1. The van der Waals surface area contributed by atoms with Gasteiger partial charge in [0.1, 0.15) is 5.82 Å². The highest BCUT2D eigenvalue weighted by Gasteiger charge is 2.19. The molecule has 0 saturated carbocycles. The van der Waals surface area contributed by atoms with E-state index in [9.17, 15) is 9.59 Å². The lowest BCUT2D eigenvalue weighted by Crippen LogP contribution is -2.24. The SMILES string of the molecule is CC[C@@H](C)c1nc2ccc(Br)cc2c(=O)n1N=Cc1cc(I)c(O[C@@H](C)C(=O)O)c(OC)c1. The molecule has 174 valence electrons. The summed E-state index contributed by atoms with van der Waals surface area (Å²) in [6.45, 7) is 5.47. The van der Waals surface area contributed by atoms with E-state index in [2.05, 4.69) is 21.0 Å². The average molecular weight is 628 g/mol. The maximum Gasteiger partial charge on any atom is 0.344 e. The van der Waals surface area contributed by atoms with Crippen molar-refractivity contribution in [3.8, 4) is 11.5 Å². The van der Waals surface area contributed by atoms with Gasteiger partial charge in [-0.2, -0.15) is 9.78 Å². The second-order valence-corrected chi connectivity index (χ2v) is 9.51. The number of aromatic nitrogens is 2. The summed E-state index contributed by atoms with van der Waals surface area (Å²) < 4.78 is 13.7. The van der Waals surface area contributed by atoms with Crippen LogP contribution in [0.2, 0.25) is 0 Å². The minimum atomic E-state index is -1.08. The van der Waals surface area contributed by atoms with E-state index in [1.807, 2.05) is 48.6 Å². The molecule has 10 heteroatoms. The van der Waals surface area contributed by atoms with E-state index in [1.54, 1.807) is 24.4 Å². The maximum atomic E-state index is 13.3. The fourth-order valence-corrected chi connectivity index (χ4v) is 4.17. The van der Waals surface area contributed by atoms with Gasteiger partial charge in [-0.05, 0) is 71.8 Å². The number of benzene rings is 2. The minimum absolute atomic E-state index is 0.0193. The molecule has 33 heavy (non-hydrogen) atoms. The number of nitrogens with zero attached hydrogens (tertiary/aromatic N) is 3. The molecular weight excluding hydrogens is 605 g/mol. The number of rotatable bonds is 8. The highest BCUT2D eigenvalue weighted by atomic mass is 127. The highest BCUT2D eigenvalue weighted by Crippen LogP contribution is 2.34. The molecule has 3 aromatic rings. The van der Waals surface area contributed by atoms with Crippen LogP contribution in [-0.4, -0.2) is 40.2 Å². The van der Waals surface area contributed by atoms with Gasteiger partial charge in [-0.25, -0.2) is 9.78 Å². The van der Waals surface area contributed by atoms with Gasteiger partial charge in [0.2, 0.25) is 0 Å². The third-order valence-corrected chi connectivity index (χ3v) is 6.40. The number of aliphatic carboxylic acids is 1. The van der Waals surface area contributed by atoms with Crippen molar-refractivity contribution < 1.29 is 19.4 Å². The summed E-state index contributed by atoms with van der Waals surface area (Å²) >= 11 is 5.45. The van der Waals surface area contributed by atoms with Gasteiger partial charge in [0.05, 0.1) is 27.8 Å². The Bertz CT molecular complexity index is 1290. The number of carboxylic acids is 1. The molecular formula is C23H23BrIN3O5. The Kier molecular flexibility index (Phi) is 8.11. The van der Waals surface area contributed by atoms with Gasteiger partial charge in [-0.15, -0.1) is 0 Å². The van der Waals surface area contributed by atoms with E-state index >= 15 is 0 Å². The normalized spacial score (nSPS) is 13.3. The Balaban J connectivity index is 2.10. The number of fused-ring (bicyclic) bond motifs is 1. The van der Waals surface area contributed by atoms with Crippen LogP contribution in [0.4, 0.5) is 0 Å². The third-order valence-electron chi connectivity index (χ3n) is 5.10. The smallest absolute Gasteiger partial charge is 0.344 e. The Labute approximate surface area is 212 Å². The first-order valence-corrected chi connectivity index (χ1v) is 12.1. The van der Waals surface area contributed by atoms with Gasteiger partial charge >= 0.3 is 5.97 Å². The first-order valence-electron chi connectivity index (χ1n) is 10.2. The van der Waals surface area contributed by atoms with Crippen molar-refractivity contribution in [1.29, 1.82) is 0 Å². The molecule has 0 aliphatic carbocycles. The summed E-state index contributed by atoms with van der Waals surface area (Å²) in [7, 11) is 1.47. The van der Waals surface area contributed by atoms with Crippen molar-refractivity contribution >= 4 is 61.6 Å².